The van der Waals surface area contributed by atoms with Crippen LogP contribution in [-0.4, -0.2) is 12.5 Å². The maximum atomic E-state index is 12.8. The number of hydrogen-bond donors (Lipinski definition) is 1. The van der Waals surface area contributed by atoms with E-state index in [9.17, 15) is 10.1 Å². The van der Waals surface area contributed by atoms with Gasteiger partial charge in [0.15, 0.2) is 11.5 Å². The Morgan fingerprint density at radius 1 is 1.03 bits per heavy atom. The number of carbonyl (C=O) groups is 1. The summed E-state index contributed by atoms with van der Waals surface area (Å²) in [4.78, 5) is 12.8. The van der Waals surface area contributed by atoms with Gasteiger partial charge in [-0.05, 0) is 77.7 Å². The lowest BCUT2D eigenvalue weighted by molar-refractivity contribution is -0.112. The van der Waals surface area contributed by atoms with E-state index in [0.717, 1.165) is 16.5 Å². The second kappa shape index (κ2) is 12.0. The second-order valence-electron chi connectivity index (χ2n) is 8.31. The molecule has 4 rings (SSSR count). The fourth-order valence-corrected chi connectivity index (χ4v) is 4.36. The zero-order valence-corrected chi connectivity index (χ0v) is 22.7. The van der Waals surface area contributed by atoms with Gasteiger partial charge in [-0.3, -0.25) is 4.79 Å². The molecule has 186 valence electrons. The van der Waals surface area contributed by atoms with Gasteiger partial charge in [-0.2, -0.15) is 5.26 Å². The normalized spacial score (nSPS) is 11.2. The van der Waals surface area contributed by atoms with Crippen LogP contribution >= 0.6 is 27.5 Å². The van der Waals surface area contributed by atoms with Crippen molar-refractivity contribution in [2.45, 2.75) is 20.5 Å². The Morgan fingerprint density at radius 2 is 1.78 bits per heavy atom. The van der Waals surface area contributed by atoms with Crippen LogP contribution in [0.3, 0.4) is 0 Å². The molecule has 4 aromatic carbocycles. The van der Waals surface area contributed by atoms with Crippen molar-refractivity contribution in [1.29, 1.82) is 5.26 Å². The van der Waals surface area contributed by atoms with Crippen LogP contribution in [0, 0.1) is 18.3 Å². The molecule has 0 heterocycles. The quantitative estimate of drug-likeness (QED) is 0.170. The van der Waals surface area contributed by atoms with Gasteiger partial charge in [0, 0.05) is 15.2 Å². The number of nitriles is 1. The first-order valence-corrected chi connectivity index (χ1v) is 12.8. The van der Waals surface area contributed by atoms with E-state index in [-0.39, 0.29) is 5.57 Å². The number of anilines is 1. The summed E-state index contributed by atoms with van der Waals surface area (Å²) in [5.74, 6) is 0.534. The van der Waals surface area contributed by atoms with Gasteiger partial charge < -0.3 is 14.8 Å². The van der Waals surface area contributed by atoms with Crippen LogP contribution in [0.25, 0.3) is 16.8 Å². The molecule has 4 aromatic rings. The molecule has 0 aliphatic carbocycles. The maximum Gasteiger partial charge on any atom is 0.266 e. The van der Waals surface area contributed by atoms with Crippen molar-refractivity contribution in [1.82, 2.24) is 0 Å². The van der Waals surface area contributed by atoms with E-state index in [1.165, 1.54) is 11.5 Å². The maximum absolute atomic E-state index is 12.8. The summed E-state index contributed by atoms with van der Waals surface area (Å²) in [7, 11) is 0. The standard InChI is InChI=1S/C30H24BrClN2O3/c1-3-36-28-14-23(13-24(17-33)30(35)34-27-15-25(32)11-8-19(27)2)26(31)16-29(28)37-18-20-9-10-21-6-4-5-7-22(21)12-20/h4-16H,3,18H2,1-2H3,(H,34,35)/b24-13+. The van der Waals surface area contributed by atoms with Crippen LogP contribution in [0.15, 0.2) is 82.8 Å². The van der Waals surface area contributed by atoms with Gasteiger partial charge in [-0.1, -0.05) is 70.0 Å². The minimum absolute atomic E-state index is 0.0626. The van der Waals surface area contributed by atoms with E-state index in [4.69, 9.17) is 21.1 Å². The van der Waals surface area contributed by atoms with Gasteiger partial charge in [0.05, 0.1) is 6.61 Å². The number of carbonyl (C=O) groups excluding carboxylic acids is 1. The second-order valence-corrected chi connectivity index (χ2v) is 9.60. The molecule has 0 bridgehead atoms. The van der Waals surface area contributed by atoms with Gasteiger partial charge in [0.25, 0.3) is 5.91 Å². The van der Waals surface area contributed by atoms with E-state index in [2.05, 4.69) is 45.5 Å². The summed E-state index contributed by atoms with van der Waals surface area (Å²) >= 11 is 9.60. The summed E-state index contributed by atoms with van der Waals surface area (Å²) in [5.41, 5.74) is 2.96. The number of nitrogens with zero attached hydrogens (tertiary/aromatic N) is 1. The largest absolute Gasteiger partial charge is 0.490 e. The third kappa shape index (κ3) is 6.51. The van der Waals surface area contributed by atoms with E-state index in [1.807, 2.05) is 38.1 Å². The highest BCUT2D eigenvalue weighted by atomic mass is 79.9. The summed E-state index contributed by atoms with van der Waals surface area (Å²) in [6.07, 6.45) is 1.51. The monoisotopic (exact) mass is 574 g/mol. The van der Waals surface area contributed by atoms with E-state index in [0.29, 0.717) is 45.5 Å². The number of fused-ring (bicyclic) bond motifs is 1. The van der Waals surface area contributed by atoms with Crippen molar-refractivity contribution >= 4 is 56.0 Å². The minimum Gasteiger partial charge on any atom is -0.490 e. The number of benzene rings is 4. The number of aryl methyl sites for hydroxylation is 1. The minimum atomic E-state index is -0.533. The molecule has 0 saturated carbocycles. The molecule has 0 aliphatic rings. The van der Waals surface area contributed by atoms with E-state index < -0.39 is 5.91 Å². The Morgan fingerprint density at radius 3 is 2.54 bits per heavy atom. The summed E-state index contributed by atoms with van der Waals surface area (Å²) < 4.78 is 12.6. The lowest BCUT2D eigenvalue weighted by Gasteiger charge is -2.15. The molecule has 1 N–H and O–H groups in total. The SMILES string of the molecule is CCOc1cc(/C=C(\C#N)C(=O)Nc2cc(Cl)ccc2C)c(Br)cc1OCc1ccc2ccccc2c1. The molecule has 5 nitrogen and oxygen atoms in total. The molecule has 0 radical (unpaired) electrons. The van der Waals surface area contributed by atoms with Crippen molar-refractivity contribution in [2.75, 3.05) is 11.9 Å². The molecule has 0 aliphatic heterocycles. The van der Waals surface area contributed by atoms with E-state index in [1.54, 1.807) is 30.3 Å². The number of amides is 1. The zero-order valence-electron chi connectivity index (χ0n) is 20.3. The summed E-state index contributed by atoms with van der Waals surface area (Å²) in [6, 6.07) is 25.1. The highest BCUT2D eigenvalue weighted by Gasteiger charge is 2.15. The van der Waals surface area contributed by atoms with Crippen LogP contribution in [-0.2, 0) is 11.4 Å². The van der Waals surface area contributed by atoms with Crippen molar-refractivity contribution in [3.05, 3.63) is 105 Å². The molecule has 0 saturated heterocycles. The molecule has 1 amide bonds. The molecule has 0 aromatic heterocycles. The highest BCUT2D eigenvalue weighted by molar-refractivity contribution is 9.10. The van der Waals surface area contributed by atoms with Crippen molar-refractivity contribution in [3.8, 4) is 17.6 Å². The molecule has 0 unspecified atom stereocenters. The van der Waals surface area contributed by atoms with Gasteiger partial charge in [-0.25, -0.2) is 0 Å². The smallest absolute Gasteiger partial charge is 0.266 e. The topological polar surface area (TPSA) is 71.3 Å². The lowest BCUT2D eigenvalue weighted by atomic mass is 10.1. The van der Waals surface area contributed by atoms with Crippen LogP contribution in [0.1, 0.15) is 23.6 Å². The Bertz CT molecular complexity index is 1540. The molecule has 0 atom stereocenters. The molecule has 0 spiro atoms. The van der Waals surface area contributed by atoms with Crippen LogP contribution < -0.4 is 14.8 Å². The zero-order chi connectivity index (χ0) is 26.4. The fourth-order valence-electron chi connectivity index (χ4n) is 3.75. The molecular weight excluding hydrogens is 552 g/mol. The number of rotatable bonds is 8. The van der Waals surface area contributed by atoms with E-state index >= 15 is 0 Å². The van der Waals surface area contributed by atoms with Crippen molar-refractivity contribution < 1.29 is 14.3 Å². The Kier molecular flexibility index (Phi) is 8.50. The van der Waals surface area contributed by atoms with Gasteiger partial charge in [-0.15, -0.1) is 0 Å². The average molecular weight is 576 g/mol. The first kappa shape index (κ1) is 26.3. The van der Waals surface area contributed by atoms with Crippen molar-refractivity contribution in [3.63, 3.8) is 0 Å². The first-order valence-electron chi connectivity index (χ1n) is 11.6. The summed E-state index contributed by atoms with van der Waals surface area (Å²) in [6.45, 7) is 4.52. The number of nitrogens with one attached hydrogen (secondary N) is 1. The predicted molar refractivity (Wildman–Crippen MR) is 152 cm³/mol. The number of ether oxygens (including phenoxy) is 2. The predicted octanol–water partition coefficient (Wildman–Crippen LogP) is 8.09. The first-order chi connectivity index (χ1) is 17.9. The van der Waals surface area contributed by atoms with Gasteiger partial charge in [0.2, 0.25) is 0 Å². The Labute approximate surface area is 229 Å². The highest BCUT2D eigenvalue weighted by Crippen LogP contribution is 2.36. The van der Waals surface area contributed by atoms with Crippen molar-refractivity contribution in [2.24, 2.45) is 0 Å². The van der Waals surface area contributed by atoms with Gasteiger partial charge >= 0.3 is 0 Å². The average Bonchev–Trinajstić information content (AvgIpc) is 2.89. The third-order valence-electron chi connectivity index (χ3n) is 5.68. The lowest BCUT2D eigenvalue weighted by Crippen LogP contribution is -2.14. The Balaban J connectivity index is 1.57. The fraction of sp³-hybridized carbons (Fsp3) is 0.133. The molecule has 0 fully saturated rings. The molecule has 37 heavy (non-hydrogen) atoms. The Hall–Kier alpha value is -3.79. The van der Waals surface area contributed by atoms with Crippen LogP contribution in [0.4, 0.5) is 5.69 Å². The molecular formula is C30H24BrClN2O3. The number of halogens is 2. The summed E-state index contributed by atoms with van der Waals surface area (Å²) in [5, 5.41) is 15.3. The van der Waals surface area contributed by atoms with Crippen LogP contribution in [0.2, 0.25) is 5.02 Å². The third-order valence-corrected chi connectivity index (χ3v) is 6.61. The van der Waals surface area contributed by atoms with Gasteiger partial charge in [0.1, 0.15) is 18.2 Å². The number of hydrogen-bond acceptors (Lipinski definition) is 4. The van der Waals surface area contributed by atoms with Crippen LogP contribution in [0.5, 0.6) is 11.5 Å². The molecule has 7 heteroatoms.